The van der Waals surface area contributed by atoms with Gasteiger partial charge in [0, 0.05) is 18.3 Å². The number of nitrogen functional groups attached to an aromatic ring is 1. The third-order valence-electron chi connectivity index (χ3n) is 3.18. The van der Waals surface area contributed by atoms with E-state index in [9.17, 15) is 0 Å². The van der Waals surface area contributed by atoms with E-state index in [1.807, 2.05) is 12.1 Å². The van der Waals surface area contributed by atoms with E-state index in [0.717, 1.165) is 25.1 Å². The summed E-state index contributed by atoms with van der Waals surface area (Å²) in [4.78, 5) is 2.38. The summed E-state index contributed by atoms with van der Waals surface area (Å²) in [5, 5.41) is 0. The average Bonchev–Trinajstić information content (AvgIpc) is 2.23. The minimum Gasteiger partial charge on any atom is -0.399 e. The van der Waals surface area contributed by atoms with Crippen molar-refractivity contribution in [3.05, 3.63) is 42.0 Å². The van der Waals surface area contributed by atoms with Crippen molar-refractivity contribution in [3.8, 4) is 0 Å². The summed E-state index contributed by atoms with van der Waals surface area (Å²) >= 11 is 0. The molecule has 1 aromatic carbocycles. The SMILES string of the molecule is C=CC[C@@H]1c2cc(N)ccc2CCN1C. The average molecular weight is 202 g/mol. The van der Waals surface area contributed by atoms with Gasteiger partial charge in [-0.2, -0.15) is 0 Å². The second-order valence-corrected chi connectivity index (χ2v) is 4.23. The highest BCUT2D eigenvalue weighted by molar-refractivity contribution is 5.47. The number of benzene rings is 1. The van der Waals surface area contributed by atoms with Crippen LogP contribution in [0.1, 0.15) is 23.6 Å². The topological polar surface area (TPSA) is 29.3 Å². The van der Waals surface area contributed by atoms with E-state index in [2.05, 4.69) is 30.7 Å². The Kier molecular flexibility index (Phi) is 2.78. The predicted molar refractivity (Wildman–Crippen MR) is 64.7 cm³/mol. The summed E-state index contributed by atoms with van der Waals surface area (Å²) in [6, 6.07) is 6.72. The van der Waals surface area contributed by atoms with Gasteiger partial charge in [0.2, 0.25) is 0 Å². The Morgan fingerprint density at radius 1 is 1.60 bits per heavy atom. The first-order chi connectivity index (χ1) is 7.22. The molecule has 2 N–H and O–H groups in total. The highest BCUT2D eigenvalue weighted by atomic mass is 15.1. The molecule has 0 spiro atoms. The van der Waals surface area contributed by atoms with E-state index in [1.165, 1.54) is 11.1 Å². The molecule has 1 aliphatic rings. The molecule has 0 radical (unpaired) electrons. The van der Waals surface area contributed by atoms with Gasteiger partial charge in [0.05, 0.1) is 0 Å². The summed E-state index contributed by atoms with van der Waals surface area (Å²) in [6.07, 6.45) is 4.10. The maximum absolute atomic E-state index is 5.84. The van der Waals surface area contributed by atoms with Crippen LogP contribution in [0.15, 0.2) is 30.9 Å². The molecule has 2 nitrogen and oxygen atoms in total. The standard InChI is InChI=1S/C13H18N2/c1-3-4-13-12-9-11(14)6-5-10(12)7-8-15(13)2/h3,5-6,9,13H,1,4,7-8,14H2,2H3/t13-/m1/s1. The van der Waals surface area contributed by atoms with E-state index >= 15 is 0 Å². The van der Waals surface area contributed by atoms with Gasteiger partial charge in [-0.1, -0.05) is 12.1 Å². The monoisotopic (exact) mass is 202 g/mol. The van der Waals surface area contributed by atoms with E-state index in [0.29, 0.717) is 6.04 Å². The van der Waals surface area contributed by atoms with Gasteiger partial charge in [-0.15, -0.1) is 6.58 Å². The fourth-order valence-electron chi connectivity index (χ4n) is 2.31. The zero-order valence-corrected chi connectivity index (χ0v) is 9.24. The maximum atomic E-state index is 5.84. The van der Waals surface area contributed by atoms with Crippen LogP contribution in [0.2, 0.25) is 0 Å². The molecule has 1 atom stereocenters. The first-order valence-corrected chi connectivity index (χ1v) is 5.42. The van der Waals surface area contributed by atoms with Gasteiger partial charge in [0.15, 0.2) is 0 Å². The van der Waals surface area contributed by atoms with E-state index in [-0.39, 0.29) is 0 Å². The molecular weight excluding hydrogens is 184 g/mol. The molecule has 0 bridgehead atoms. The smallest absolute Gasteiger partial charge is 0.0383 e. The summed E-state index contributed by atoms with van der Waals surface area (Å²) in [7, 11) is 2.17. The largest absolute Gasteiger partial charge is 0.399 e. The Bertz CT molecular complexity index is 371. The van der Waals surface area contributed by atoms with Crippen molar-refractivity contribution in [1.82, 2.24) is 4.90 Å². The lowest BCUT2D eigenvalue weighted by molar-refractivity contribution is 0.232. The highest BCUT2D eigenvalue weighted by Gasteiger charge is 2.23. The number of anilines is 1. The number of likely N-dealkylation sites (N-methyl/N-ethyl adjacent to an activating group) is 1. The molecule has 0 aliphatic carbocycles. The minimum absolute atomic E-state index is 0.453. The molecular formula is C13H18N2. The van der Waals surface area contributed by atoms with Crippen molar-refractivity contribution in [2.75, 3.05) is 19.3 Å². The van der Waals surface area contributed by atoms with Crippen LogP contribution >= 0.6 is 0 Å². The van der Waals surface area contributed by atoms with Gasteiger partial charge >= 0.3 is 0 Å². The Morgan fingerprint density at radius 2 is 2.40 bits per heavy atom. The molecule has 1 aromatic rings. The van der Waals surface area contributed by atoms with Gasteiger partial charge < -0.3 is 5.73 Å². The summed E-state index contributed by atoms with van der Waals surface area (Å²) in [5.74, 6) is 0. The van der Waals surface area contributed by atoms with Crippen LogP contribution in [0, 0.1) is 0 Å². The molecule has 2 rings (SSSR count). The molecule has 2 heteroatoms. The lowest BCUT2D eigenvalue weighted by Crippen LogP contribution is -2.31. The molecule has 15 heavy (non-hydrogen) atoms. The lowest BCUT2D eigenvalue weighted by Gasteiger charge is -2.34. The Morgan fingerprint density at radius 3 is 3.13 bits per heavy atom. The quantitative estimate of drug-likeness (QED) is 0.589. The van der Waals surface area contributed by atoms with Crippen LogP contribution in [-0.4, -0.2) is 18.5 Å². The number of hydrogen-bond donors (Lipinski definition) is 1. The lowest BCUT2D eigenvalue weighted by atomic mass is 9.91. The van der Waals surface area contributed by atoms with Gasteiger partial charge in [-0.05, 0) is 43.1 Å². The van der Waals surface area contributed by atoms with Gasteiger partial charge in [-0.3, -0.25) is 4.90 Å². The normalized spacial score (nSPS) is 21.0. The summed E-state index contributed by atoms with van der Waals surface area (Å²) in [6.45, 7) is 4.95. The molecule has 0 saturated carbocycles. The van der Waals surface area contributed by atoms with Gasteiger partial charge in [-0.25, -0.2) is 0 Å². The number of nitrogens with zero attached hydrogens (tertiary/aromatic N) is 1. The van der Waals surface area contributed by atoms with Crippen LogP contribution in [0.4, 0.5) is 5.69 Å². The molecule has 0 aromatic heterocycles. The Balaban J connectivity index is 2.40. The van der Waals surface area contributed by atoms with Gasteiger partial charge in [0.25, 0.3) is 0 Å². The second kappa shape index (κ2) is 4.07. The molecule has 0 saturated heterocycles. The fourth-order valence-corrected chi connectivity index (χ4v) is 2.31. The zero-order valence-electron chi connectivity index (χ0n) is 9.24. The zero-order chi connectivity index (χ0) is 10.8. The Hall–Kier alpha value is -1.28. The van der Waals surface area contributed by atoms with Crippen molar-refractivity contribution in [3.63, 3.8) is 0 Å². The molecule has 0 unspecified atom stereocenters. The van der Waals surface area contributed by atoms with Crippen LogP contribution in [0.3, 0.4) is 0 Å². The highest BCUT2D eigenvalue weighted by Crippen LogP contribution is 2.32. The van der Waals surface area contributed by atoms with Gasteiger partial charge in [0.1, 0.15) is 0 Å². The number of fused-ring (bicyclic) bond motifs is 1. The van der Waals surface area contributed by atoms with Crippen LogP contribution in [-0.2, 0) is 6.42 Å². The predicted octanol–water partition coefficient (Wildman–Crippen LogP) is 2.37. The second-order valence-electron chi connectivity index (χ2n) is 4.23. The van der Waals surface area contributed by atoms with Crippen molar-refractivity contribution >= 4 is 5.69 Å². The van der Waals surface area contributed by atoms with Crippen molar-refractivity contribution in [2.45, 2.75) is 18.9 Å². The first-order valence-electron chi connectivity index (χ1n) is 5.42. The molecule has 0 fully saturated rings. The summed E-state index contributed by atoms with van der Waals surface area (Å²) < 4.78 is 0. The van der Waals surface area contributed by atoms with E-state index < -0.39 is 0 Å². The van der Waals surface area contributed by atoms with E-state index in [4.69, 9.17) is 5.73 Å². The molecule has 0 amide bonds. The maximum Gasteiger partial charge on any atom is 0.0383 e. The molecule has 1 heterocycles. The molecule has 1 aliphatic heterocycles. The number of nitrogens with two attached hydrogens (primary N) is 1. The third kappa shape index (κ3) is 1.90. The van der Waals surface area contributed by atoms with Crippen LogP contribution in [0.25, 0.3) is 0 Å². The Labute approximate surface area is 91.4 Å². The van der Waals surface area contributed by atoms with E-state index in [1.54, 1.807) is 0 Å². The number of hydrogen-bond acceptors (Lipinski definition) is 2. The van der Waals surface area contributed by atoms with Crippen molar-refractivity contribution in [2.24, 2.45) is 0 Å². The summed E-state index contributed by atoms with van der Waals surface area (Å²) in [5.41, 5.74) is 9.52. The van der Waals surface area contributed by atoms with Crippen molar-refractivity contribution < 1.29 is 0 Å². The number of rotatable bonds is 2. The minimum atomic E-state index is 0.453. The fraction of sp³-hybridized carbons (Fsp3) is 0.385. The molecule has 80 valence electrons. The van der Waals surface area contributed by atoms with Crippen molar-refractivity contribution in [1.29, 1.82) is 0 Å². The first kappa shape index (κ1) is 10.2. The third-order valence-corrected chi connectivity index (χ3v) is 3.18. The van der Waals surface area contributed by atoms with Crippen LogP contribution < -0.4 is 5.73 Å². The van der Waals surface area contributed by atoms with Crippen LogP contribution in [0.5, 0.6) is 0 Å².